The lowest BCUT2D eigenvalue weighted by atomic mass is 10.1. The molecule has 0 spiro atoms. The molecule has 1 unspecified atom stereocenters. The van der Waals surface area contributed by atoms with Crippen LogP contribution in [0.2, 0.25) is 5.02 Å². The van der Waals surface area contributed by atoms with Gasteiger partial charge in [-0.25, -0.2) is 9.37 Å². The molecular formula is C19H19ClFN5O. The van der Waals surface area contributed by atoms with Crippen molar-refractivity contribution in [3.8, 4) is 11.4 Å². The molecule has 27 heavy (non-hydrogen) atoms. The van der Waals surface area contributed by atoms with Crippen LogP contribution in [0.3, 0.4) is 0 Å². The number of aryl methyl sites for hydroxylation is 1. The van der Waals surface area contributed by atoms with Crippen LogP contribution in [0.15, 0.2) is 24.5 Å². The Morgan fingerprint density at radius 1 is 1.44 bits per heavy atom. The molecule has 4 N–H and O–H groups in total. The predicted octanol–water partition coefficient (Wildman–Crippen LogP) is 3.19. The number of hydrogen-bond acceptors (Lipinski definition) is 4. The van der Waals surface area contributed by atoms with E-state index in [4.69, 9.17) is 17.3 Å². The lowest BCUT2D eigenvalue weighted by Gasteiger charge is -2.11. The lowest BCUT2D eigenvalue weighted by molar-refractivity contribution is 0.0945. The number of aromatic amines is 1. The largest absolute Gasteiger partial charge is 0.353 e. The Balaban J connectivity index is 1.61. The molecule has 4 rings (SSSR count). The zero-order chi connectivity index (χ0) is 19.1. The summed E-state index contributed by atoms with van der Waals surface area (Å²) in [6.07, 6.45) is 5.21. The standard InChI is InChI=1S/C19H19ClFN5O/c1-9-11-4-13(21)12(20)5-15(11)26-18(9)16-7-23-8-17(25-16)19(27)24-6-14(22)10-2-3-10/h4-5,7-8,10,14,26H,2-3,6,22H2,1H3,(H,24,27). The fraction of sp³-hybridized carbons (Fsp3) is 0.316. The van der Waals surface area contributed by atoms with Crippen molar-refractivity contribution >= 4 is 28.4 Å². The van der Waals surface area contributed by atoms with E-state index in [0.717, 1.165) is 18.4 Å². The topological polar surface area (TPSA) is 96.7 Å². The molecule has 1 fully saturated rings. The van der Waals surface area contributed by atoms with Crippen molar-refractivity contribution in [2.24, 2.45) is 11.7 Å². The minimum absolute atomic E-state index is 0.0271. The van der Waals surface area contributed by atoms with E-state index in [2.05, 4.69) is 20.3 Å². The number of carbonyl (C=O) groups excluding carboxylic acids is 1. The van der Waals surface area contributed by atoms with E-state index in [9.17, 15) is 9.18 Å². The summed E-state index contributed by atoms with van der Waals surface area (Å²) in [6.45, 7) is 2.27. The second kappa shape index (κ2) is 6.90. The number of nitrogens with one attached hydrogen (secondary N) is 2. The van der Waals surface area contributed by atoms with Gasteiger partial charge in [-0.2, -0.15) is 0 Å². The minimum atomic E-state index is -0.482. The molecule has 6 nitrogen and oxygen atoms in total. The first-order valence-corrected chi connectivity index (χ1v) is 9.15. The first kappa shape index (κ1) is 17.9. The van der Waals surface area contributed by atoms with E-state index in [1.54, 1.807) is 6.20 Å². The zero-order valence-corrected chi connectivity index (χ0v) is 15.5. The molecule has 0 aliphatic heterocycles. The molecule has 1 amide bonds. The highest BCUT2D eigenvalue weighted by atomic mass is 35.5. The summed E-state index contributed by atoms with van der Waals surface area (Å²) in [5, 5.41) is 3.56. The fourth-order valence-electron chi connectivity index (χ4n) is 3.17. The quantitative estimate of drug-likeness (QED) is 0.626. The van der Waals surface area contributed by atoms with Crippen molar-refractivity contribution in [3.63, 3.8) is 0 Å². The third kappa shape index (κ3) is 3.52. The molecule has 1 aromatic carbocycles. The summed E-state index contributed by atoms with van der Waals surface area (Å²) >= 11 is 5.86. The summed E-state index contributed by atoms with van der Waals surface area (Å²) in [4.78, 5) is 24.1. The number of halogens is 2. The number of amides is 1. The second-order valence-electron chi connectivity index (χ2n) is 6.94. The SMILES string of the molecule is Cc1c(-c2cncc(C(=O)NCC(N)C3CC3)n2)[nH]c2cc(Cl)c(F)cc12. The van der Waals surface area contributed by atoms with Gasteiger partial charge < -0.3 is 16.0 Å². The van der Waals surface area contributed by atoms with Gasteiger partial charge >= 0.3 is 0 Å². The van der Waals surface area contributed by atoms with Crippen molar-refractivity contribution in [3.05, 3.63) is 46.6 Å². The van der Waals surface area contributed by atoms with E-state index >= 15 is 0 Å². The molecule has 2 heterocycles. The van der Waals surface area contributed by atoms with Crippen LogP contribution in [0.4, 0.5) is 4.39 Å². The average Bonchev–Trinajstić information content (AvgIpc) is 3.47. The van der Waals surface area contributed by atoms with Gasteiger partial charge in [-0.1, -0.05) is 11.6 Å². The predicted molar refractivity (Wildman–Crippen MR) is 102 cm³/mol. The molecule has 140 valence electrons. The molecule has 1 aliphatic rings. The van der Waals surface area contributed by atoms with E-state index in [-0.39, 0.29) is 22.7 Å². The molecule has 0 radical (unpaired) electrons. The maximum absolute atomic E-state index is 13.8. The van der Waals surface area contributed by atoms with Gasteiger partial charge in [0.05, 0.1) is 23.1 Å². The number of nitrogens with zero attached hydrogens (tertiary/aromatic N) is 2. The van der Waals surface area contributed by atoms with Crippen molar-refractivity contribution in [2.75, 3.05) is 6.54 Å². The smallest absolute Gasteiger partial charge is 0.271 e. The van der Waals surface area contributed by atoms with Gasteiger partial charge in [0.1, 0.15) is 17.2 Å². The zero-order valence-electron chi connectivity index (χ0n) is 14.7. The molecule has 8 heteroatoms. The molecule has 1 saturated carbocycles. The number of aromatic nitrogens is 3. The van der Waals surface area contributed by atoms with Crippen LogP contribution in [0.25, 0.3) is 22.3 Å². The normalized spacial score (nSPS) is 15.1. The molecule has 1 aliphatic carbocycles. The van der Waals surface area contributed by atoms with E-state index in [0.29, 0.717) is 34.8 Å². The highest BCUT2D eigenvalue weighted by Gasteiger charge is 2.28. The van der Waals surface area contributed by atoms with Crippen LogP contribution >= 0.6 is 11.6 Å². The number of rotatable bonds is 5. The number of carbonyl (C=O) groups is 1. The maximum atomic E-state index is 13.8. The molecule has 0 saturated heterocycles. The number of nitrogens with two attached hydrogens (primary N) is 1. The van der Waals surface area contributed by atoms with Crippen LogP contribution in [-0.4, -0.2) is 33.4 Å². The summed E-state index contributed by atoms with van der Waals surface area (Å²) in [7, 11) is 0. The van der Waals surface area contributed by atoms with Crippen LogP contribution in [0.5, 0.6) is 0 Å². The van der Waals surface area contributed by atoms with Gasteiger partial charge in [0.2, 0.25) is 0 Å². The van der Waals surface area contributed by atoms with Crippen molar-refractivity contribution in [2.45, 2.75) is 25.8 Å². The van der Waals surface area contributed by atoms with Gasteiger partial charge in [-0.3, -0.25) is 9.78 Å². The van der Waals surface area contributed by atoms with Crippen LogP contribution in [0.1, 0.15) is 28.9 Å². The molecule has 0 bridgehead atoms. The lowest BCUT2D eigenvalue weighted by Crippen LogP contribution is -2.38. The third-order valence-corrected chi connectivity index (χ3v) is 5.24. The Labute approximate surface area is 160 Å². The van der Waals surface area contributed by atoms with Crippen LogP contribution in [-0.2, 0) is 0 Å². The summed E-state index contributed by atoms with van der Waals surface area (Å²) in [5.41, 5.74) is 8.90. The summed E-state index contributed by atoms with van der Waals surface area (Å²) in [5.74, 6) is -0.295. The Bertz CT molecular complexity index is 1030. The van der Waals surface area contributed by atoms with Gasteiger partial charge in [-0.15, -0.1) is 0 Å². The molecule has 2 aromatic heterocycles. The third-order valence-electron chi connectivity index (χ3n) is 4.95. The Kier molecular flexibility index (Phi) is 4.57. The highest BCUT2D eigenvalue weighted by molar-refractivity contribution is 6.31. The first-order valence-electron chi connectivity index (χ1n) is 8.77. The minimum Gasteiger partial charge on any atom is -0.353 e. The van der Waals surface area contributed by atoms with Gasteiger partial charge in [0.25, 0.3) is 5.91 Å². The van der Waals surface area contributed by atoms with Gasteiger partial charge in [0.15, 0.2) is 0 Å². The van der Waals surface area contributed by atoms with E-state index < -0.39 is 5.82 Å². The Morgan fingerprint density at radius 3 is 2.96 bits per heavy atom. The Hall–Kier alpha value is -2.51. The molecular weight excluding hydrogens is 369 g/mol. The Morgan fingerprint density at radius 2 is 2.22 bits per heavy atom. The van der Waals surface area contributed by atoms with Gasteiger partial charge in [-0.05, 0) is 43.4 Å². The fourth-order valence-corrected chi connectivity index (χ4v) is 3.33. The van der Waals surface area contributed by atoms with Crippen molar-refractivity contribution in [1.82, 2.24) is 20.3 Å². The number of benzene rings is 1. The molecule has 1 atom stereocenters. The number of H-pyrrole nitrogens is 1. The van der Waals surface area contributed by atoms with Crippen LogP contribution < -0.4 is 11.1 Å². The van der Waals surface area contributed by atoms with Gasteiger partial charge in [0, 0.05) is 23.5 Å². The second-order valence-corrected chi connectivity index (χ2v) is 7.34. The summed E-state index contributed by atoms with van der Waals surface area (Å²) in [6, 6.07) is 2.89. The first-order chi connectivity index (χ1) is 12.9. The summed E-state index contributed by atoms with van der Waals surface area (Å²) < 4.78 is 13.8. The van der Waals surface area contributed by atoms with Crippen molar-refractivity contribution in [1.29, 1.82) is 0 Å². The monoisotopic (exact) mass is 387 g/mol. The number of fused-ring (bicyclic) bond motifs is 1. The van der Waals surface area contributed by atoms with Crippen molar-refractivity contribution < 1.29 is 9.18 Å². The molecule has 3 aromatic rings. The number of hydrogen-bond donors (Lipinski definition) is 3. The average molecular weight is 388 g/mol. The van der Waals surface area contributed by atoms with E-state index in [1.165, 1.54) is 18.3 Å². The van der Waals surface area contributed by atoms with E-state index in [1.807, 2.05) is 6.92 Å². The maximum Gasteiger partial charge on any atom is 0.271 e. The van der Waals surface area contributed by atoms with Crippen LogP contribution in [0, 0.1) is 18.7 Å². The highest BCUT2D eigenvalue weighted by Crippen LogP contribution is 2.32.